The van der Waals surface area contributed by atoms with E-state index in [0.29, 0.717) is 0 Å². The van der Waals surface area contributed by atoms with Crippen LogP contribution in [0.1, 0.15) is 45.2 Å². The summed E-state index contributed by atoms with van der Waals surface area (Å²) in [6.45, 7) is 0. The van der Waals surface area contributed by atoms with E-state index < -0.39 is 16.1 Å². The Morgan fingerprint density at radius 1 is 0.191 bits per heavy atom. The summed E-state index contributed by atoms with van der Waals surface area (Å²) in [7, 11) is -6.12. The van der Waals surface area contributed by atoms with E-state index in [9.17, 15) is 0 Å². The normalized spacial score (nSPS) is 13.7. The third-order valence-electron chi connectivity index (χ3n) is 20.1. The molecule has 0 amide bonds. The zero-order valence-corrected chi connectivity index (χ0v) is 54.0. The predicted molar refractivity (Wildman–Crippen MR) is 399 cm³/mol. The molecule has 0 N–H and O–H groups in total. The highest BCUT2D eigenvalue weighted by Crippen LogP contribution is 2.58. The van der Waals surface area contributed by atoms with Crippen LogP contribution in [0.5, 0.6) is 0 Å². The molecule has 0 radical (unpaired) electrons. The lowest BCUT2D eigenvalue weighted by Crippen LogP contribution is -2.75. The average molecular weight is 1230 g/mol. The Kier molecular flexibility index (Phi) is 14.5. The summed E-state index contributed by atoms with van der Waals surface area (Å²) in [6, 6.07) is 144. The summed E-state index contributed by atoms with van der Waals surface area (Å²) in [4.78, 5) is 5.60. The van der Waals surface area contributed by atoms with E-state index >= 15 is 0 Å². The van der Waals surface area contributed by atoms with Crippen molar-refractivity contribution < 1.29 is 0 Å². The second-order valence-corrected chi connectivity index (χ2v) is 32.7. The second kappa shape index (κ2) is 24.0. The number of benzene rings is 14. The van der Waals surface area contributed by atoms with Gasteiger partial charge in [-0.1, -0.05) is 364 Å². The van der Waals surface area contributed by atoms with Crippen molar-refractivity contribution >= 4 is 57.6 Å². The van der Waals surface area contributed by atoms with Gasteiger partial charge in [-0.2, -0.15) is 0 Å². The Bertz CT molecular complexity index is 5070. The summed E-state index contributed by atoms with van der Waals surface area (Å²) in [5.74, 6) is -0.0299. The molecule has 0 fully saturated rings. The van der Waals surface area contributed by atoms with Crippen LogP contribution in [0.3, 0.4) is 0 Å². The number of hydrogen-bond donors (Lipinski definition) is 0. The molecule has 3 aliphatic carbocycles. The van der Waals surface area contributed by atoms with Crippen molar-refractivity contribution in [1.29, 1.82) is 0 Å². The van der Waals surface area contributed by atoms with Crippen LogP contribution in [0.25, 0.3) is 67.0 Å². The molecule has 1 heterocycles. The molecule has 0 aliphatic heterocycles. The van der Waals surface area contributed by atoms with Crippen LogP contribution < -0.4 is 41.5 Å². The highest BCUT2D eigenvalue weighted by molar-refractivity contribution is 7.20. The fourth-order valence-corrected chi connectivity index (χ4v) is 26.0. The fourth-order valence-electron chi connectivity index (χ4n) is 16.1. The summed E-state index contributed by atoms with van der Waals surface area (Å²) in [5.41, 5.74) is 22.1. The van der Waals surface area contributed by atoms with E-state index in [2.05, 4.69) is 382 Å². The Hall–Kier alpha value is -11.3. The van der Waals surface area contributed by atoms with E-state index in [0.717, 1.165) is 33.6 Å². The lowest BCUT2D eigenvalue weighted by atomic mass is 9.60. The molecule has 0 spiro atoms. The Balaban J connectivity index is 0.859. The number of aromatic nitrogens is 1. The molecule has 15 aromatic rings. The molecule has 2 bridgehead atoms. The molecule has 1 aromatic heterocycles. The largest absolute Gasteiger partial charge is 0.248 e. The quantitative estimate of drug-likeness (QED) is 0.0781. The number of hydrogen-bond acceptors (Lipinski definition) is 1. The Labute approximate surface area is 553 Å². The first-order valence-electron chi connectivity index (χ1n) is 32.8. The van der Waals surface area contributed by atoms with Crippen molar-refractivity contribution in [2.24, 2.45) is 0 Å². The zero-order chi connectivity index (χ0) is 62.4. The maximum Gasteiger partial charge on any atom is 0.179 e. The molecule has 2 atom stereocenters. The van der Waals surface area contributed by atoms with Gasteiger partial charge in [0.1, 0.15) is 0 Å². The third kappa shape index (κ3) is 9.54. The van der Waals surface area contributed by atoms with E-state index in [-0.39, 0.29) is 11.8 Å². The number of pyridine rings is 1. The summed E-state index contributed by atoms with van der Waals surface area (Å²) >= 11 is 0. The first-order chi connectivity index (χ1) is 46.6. The molecule has 3 heteroatoms. The van der Waals surface area contributed by atoms with E-state index in [1.165, 1.54) is 108 Å². The van der Waals surface area contributed by atoms with Crippen LogP contribution in [0, 0.1) is 0 Å². The summed E-state index contributed by atoms with van der Waals surface area (Å²) in [5, 5.41) is 10.8. The van der Waals surface area contributed by atoms with E-state index in [1.807, 2.05) is 0 Å². The van der Waals surface area contributed by atoms with Gasteiger partial charge >= 0.3 is 0 Å². The Morgan fingerprint density at radius 3 is 1.04 bits per heavy atom. The molecule has 0 saturated carbocycles. The minimum Gasteiger partial charge on any atom is -0.248 e. The maximum atomic E-state index is 5.60. The van der Waals surface area contributed by atoms with Crippen molar-refractivity contribution in [3.63, 3.8) is 0 Å². The minimum absolute atomic E-state index is 0.0301. The van der Waals surface area contributed by atoms with Crippen LogP contribution in [-0.2, 0) is 0 Å². The van der Waals surface area contributed by atoms with Crippen LogP contribution >= 0.6 is 0 Å². The van der Waals surface area contributed by atoms with Crippen molar-refractivity contribution in [3.05, 3.63) is 416 Å². The Morgan fingerprint density at radius 2 is 0.521 bits per heavy atom. The molecule has 3 aliphatic rings. The van der Waals surface area contributed by atoms with Gasteiger partial charge in [-0.05, 0) is 138 Å². The lowest BCUT2D eigenvalue weighted by Gasteiger charge is -2.47. The van der Waals surface area contributed by atoms with E-state index in [1.54, 1.807) is 0 Å². The van der Waals surface area contributed by atoms with Gasteiger partial charge in [0.05, 0.1) is 11.4 Å². The van der Waals surface area contributed by atoms with Gasteiger partial charge in [-0.3, -0.25) is 0 Å². The number of nitrogens with zero attached hydrogens (tertiary/aromatic N) is 1. The predicted octanol–water partition coefficient (Wildman–Crippen LogP) is 16.8. The molecule has 442 valence electrons. The smallest absolute Gasteiger partial charge is 0.179 e. The first-order valence-corrected chi connectivity index (χ1v) is 36.8. The lowest BCUT2D eigenvalue weighted by molar-refractivity contribution is 0.760. The highest BCUT2D eigenvalue weighted by atomic mass is 28.3. The van der Waals surface area contributed by atoms with Gasteiger partial charge in [0.2, 0.25) is 0 Å². The summed E-state index contributed by atoms with van der Waals surface area (Å²) in [6.07, 6.45) is 0. The first kappa shape index (κ1) is 56.6. The molecular formula is C91H65NSi2. The zero-order valence-electron chi connectivity index (χ0n) is 52.0. The van der Waals surface area contributed by atoms with Crippen LogP contribution in [0.2, 0.25) is 0 Å². The monoisotopic (exact) mass is 1230 g/mol. The van der Waals surface area contributed by atoms with Crippen molar-refractivity contribution in [1.82, 2.24) is 4.98 Å². The van der Waals surface area contributed by atoms with Gasteiger partial charge in [0.25, 0.3) is 0 Å². The third-order valence-corrected chi connectivity index (χ3v) is 29.7. The second-order valence-electron chi connectivity index (χ2n) is 25.1. The van der Waals surface area contributed by atoms with E-state index in [4.69, 9.17) is 4.98 Å². The standard InChI is InChI=1S/C91H65NSi2/c1-8-30-64(31-9-1)68-37-25-50-78(59-68)94(76-47-20-7-21-48-76,79-51-26-38-69(60-79)65-32-10-2-11-33-65)87-57-29-56-84-88-81-52-22-23-53-82(81)91(90(84)87)89-80(54-28-55-83(88)89)70-39-24-36-67(58-70)72-62-85(66-34-12-3-13-35-66)92-86(63-72)71-40-27-49-77(61-71)93(73-41-14-4-15-42-73,74-43-16-5-17-44-74)75-45-18-6-19-46-75/h1-63,88,91H. The van der Waals surface area contributed by atoms with Crippen LogP contribution in [0.4, 0.5) is 0 Å². The maximum absolute atomic E-state index is 5.60. The van der Waals surface area contributed by atoms with Crippen LogP contribution in [-0.4, -0.2) is 21.1 Å². The molecule has 14 aromatic carbocycles. The van der Waals surface area contributed by atoms with Gasteiger partial charge < -0.3 is 0 Å². The van der Waals surface area contributed by atoms with Crippen molar-refractivity contribution in [2.45, 2.75) is 11.8 Å². The SMILES string of the molecule is c1ccc(-c2cccc([Si](c3ccccc3)(c3cccc(-c4ccccc4)c3)c3cccc4c3C3c5ccccc5C4c4cccc(-c5cccc(-c6cc(-c7ccccc7)nc(-c7cccc([Si](c8ccccc8)(c8ccccc8)c8ccccc8)c7)c6)c5)c43)c2)cc1. The van der Waals surface area contributed by atoms with Gasteiger partial charge in [0.15, 0.2) is 16.1 Å². The van der Waals surface area contributed by atoms with Crippen molar-refractivity contribution in [2.75, 3.05) is 0 Å². The average Bonchev–Trinajstić information content (AvgIpc) is 0.683. The number of rotatable bonds is 14. The molecule has 94 heavy (non-hydrogen) atoms. The van der Waals surface area contributed by atoms with Gasteiger partial charge in [-0.15, -0.1) is 0 Å². The van der Waals surface area contributed by atoms with Crippen molar-refractivity contribution in [3.8, 4) is 67.0 Å². The molecule has 2 unspecified atom stereocenters. The fraction of sp³-hybridized carbons (Fsp3) is 0.0220. The topological polar surface area (TPSA) is 12.9 Å². The molecule has 0 saturated heterocycles. The van der Waals surface area contributed by atoms with Gasteiger partial charge in [-0.25, -0.2) is 4.98 Å². The minimum atomic E-state index is -3.27. The van der Waals surface area contributed by atoms with Gasteiger partial charge in [0, 0.05) is 23.0 Å². The highest BCUT2D eigenvalue weighted by Gasteiger charge is 2.50. The van der Waals surface area contributed by atoms with Crippen LogP contribution in [0.15, 0.2) is 382 Å². The molecule has 1 nitrogen and oxygen atoms in total. The molecular weight excluding hydrogens is 1160 g/mol. The molecule has 18 rings (SSSR count). The summed E-state index contributed by atoms with van der Waals surface area (Å²) < 4.78 is 0.